The Hall–Kier alpha value is -2.37. The molecule has 2 N–H and O–H groups in total. The van der Waals surface area contributed by atoms with Gasteiger partial charge in [-0.25, -0.2) is 0 Å². The molecule has 1 fully saturated rings. The van der Waals surface area contributed by atoms with Crippen LogP contribution in [0.3, 0.4) is 0 Å². The molecule has 0 spiro atoms. The maximum Gasteiger partial charge on any atom is 0.243 e. The topological polar surface area (TPSA) is 78.5 Å². The lowest BCUT2D eigenvalue weighted by Crippen LogP contribution is -2.45. The molecule has 1 aliphatic heterocycles. The van der Waals surface area contributed by atoms with Crippen LogP contribution in [-0.4, -0.2) is 24.3 Å². The summed E-state index contributed by atoms with van der Waals surface area (Å²) in [5.74, 6) is -0.866. The molecular formula is C18H25N3O3. The lowest BCUT2D eigenvalue weighted by molar-refractivity contribution is -0.131. The van der Waals surface area contributed by atoms with E-state index in [1.807, 2.05) is 38.1 Å². The van der Waals surface area contributed by atoms with Crippen LogP contribution in [0.15, 0.2) is 24.3 Å². The van der Waals surface area contributed by atoms with Crippen molar-refractivity contribution in [2.24, 2.45) is 11.8 Å². The van der Waals surface area contributed by atoms with E-state index in [1.165, 1.54) is 5.56 Å². The minimum atomic E-state index is -0.456. The molecule has 6 heteroatoms. The number of benzene rings is 1. The van der Waals surface area contributed by atoms with Gasteiger partial charge in [-0.2, -0.15) is 0 Å². The Morgan fingerprint density at radius 1 is 1.21 bits per heavy atom. The van der Waals surface area contributed by atoms with Crippen LogP contribution < -0.4 is 15.8 Å². The van der Waals surface area contributed by atoms with Crippen LogP contribution in [0.5, 0.6) is 0 Å². The average molecular weight is 331 g/mol. The van der Waals surface area contributed by atoms with E-state index >= 15 is 0 Å². The fraction of sp³-hybridized carbons (Fsp3) is 0.500. The smallest absolute Gasteiger partial charge is 0.243 e. The summed E-state index contributed by atoms with van der Waals surface area (Å²) < 4.78 is 0. The number of hydrogen-bond acceptors (Lipinski definition) is 3. The fourth-order valence-electron chi connectivity index (χ4n) is 2.70. The predicted molar refractivity (Wildman–Crippen MR) is 92.0 cm³/mol. The predicted octanol–water partition coefficient (Wildman–Crippen LogP) is 1.80. The third-order valence-corrected chi connectivity index (χ3v) is 4.07. The van der Waals surface area contributed by atoms with E-state index < -0.39 is 5.92 Å². The van der Waals surface area contributed by atoms with Gasteiger partial charge >= 0.3 is 0 Å². The number of carbonyl (C=O) groups is 3. The minimum absolute atomic E-state index is 0.0760. The third-order valence-electron chi connectivity index (χ3n) is 4.07. The molecule has 0 radical (unpaired) electrons. The standard InChI is InChI=1S/C18H25N3O3/c1-4-13-5-7-15(8-6-13)21-11-14(10-17(21)23)18(24)20-19-16(22)9-12(2)3/h5-8,12,14H,4,9-11H2,1-3H3,(H,19,22)(H,20,24). The van der Waals surface area contributed by atoms with Crippen molar-refractivity contribution >= 4 is 23.4 Å². The molecule has 1 heterocycles. The van der Waals surface area contributed by atoms with E-state index in [-0.39, 0.29) is 30.1 Å². The summed E-state index contributed by atoms with van der Waals surface area (Å²) in [6.07, 6.45) is 1.44. The molecular weight excluding hydrogens is 306 g/mol. The van der Waals surface area contributed by atoms with Gasteiger partial charge < -0.3 is 4.90 Å². The van der Waals surface area contributed by atoms with E-state index in [1.54, 1.807) is 4.90 Å². The minimum Gasteiger partial charge on any atom is -0.312 e. The van der Waals surface area contributed by atoms with Crippen molar-refractivity contribution in [3.8, 4) is 0 Å². The van der Waals surface area contributed by atoms with Crippen molar-refractivity contribution < 1.29 is 14.4 Å². The zero-order valence-corrected chi connectivity index (χ0v) is 14.5. The van der Waals surface area contributed by atoms with Crippen molar-refractivity contribution in [3.05, 3.63) is 29.8 Å². The molecule has 0 bridgehead atoms. The maximum absolute atomic E-state index is 12.2. The van der Waals surface area contributed by atoms with E-state index in [2.05, 4.69) is 17.8 Å². The number of carbonyl (C=O) groups excluding carboxylic acids is 3. The van der Waals surface area contributed by atoms with Crippen LogP contribution in [0.1, 0.15) is 39.2 Å². The van der Waals surface area contributed by atoms with Gasteiger partial charge in [0, 0.05) is 25.1 Å². The number of rotatable bonds is 5. The van der Waals surface area contributed by atoms with Gasteiger partial charge in [0.1, 0.15) is 0 Å². The van der Waals surface area contributed by atoms with Crippen LogP contribution in [-0.2, 0) is 20.8 Å². The van der Waals surface area contributed by atoms with Crippen molar-refractivity contribution in [3.63, 3.8) is 0 Å². The highest BCUT2D eigenvalue weighted by atomic mass is 16.2. The number of anilines is 1. The third kappa shape index (κ3) is 4.57. The number of nitrogens with one attached hydrogen (secondary N) is 2. The highest BCUT2D eigenvalue weighted by molar-refractivity contribution is 6.00. The van der Waals surface area contributed by atoms with Crippen LogP contribution in [0.25, 0.3) is 0 Å². The van der Waals surface area contributed by atoms with Gasteiger partial charge in [0.2, 0.25) is 17.7 Å². The second-order valence-corrected chi connectivity index (χ2v) is 6.56. The Morgan fingerprint density at radius 3 is 2.46 bits per heavy atom. The van der Waals surface area contributed by atoms with Gasteiger partial charge in [0.15, 0.2) is 0 Å². The number of hydrazine groups is 1. The zero-order chi connectivity index (χ0) is 17.7. The van der Waals surface area contributed by atoms with Crippen molar-refractivity contribution in [2.45, 2.75) is 40.0 Å². The second kappa shape index (κ2) is 7.95. The first-order valence-corrected chi connectivity index (χ1v) is 8.38. The molecule has 0 saturated carbocycles. The molecule has 3 amide bonds. The van der Waals surface area contributed by atoms with Crippen molar-refractivity contribution in [1.29, 1.82) is 0 Å². The Labute approximate surface area is 142 Å². The van der Waals surface area contributed by atoms with E-state index in [0.717, 1.165) is 12.1 Å². The Bertz CT molecular complexity index is 610. The summed E-state index contributed by atoms with van der Waals surface area (Å²) in [6, 6.07) is 7.78. The van der Waals surface area contributed by atoms with Crippen molar-refractivity contribution in [2.75, 3.05) is 11.4 Å². The highest BCUT2D eigenvalue weighted by Gasteiger charge is 2.35. The summed E-state index contributed by atoms with van der Waals surface area (Å²) in [5.41, 5.74) is 6.83. The van der Waals surface area contributed by atoms with Crippen LogP contribution >= 0.6 is 0 Å². The van der Waals surface area contributed by atoms with E-state index in [9.17, 15) is 14.4 Å². The van der Waals surface area contributed by atoms with Crippen molar-refractivity contribution in [1.82, 2.24) is 10.9 Å². The molecule has 1 saturated heterocycles. The number of aryl methyl sites for hydroxylation is 1. The Balaban J connectivity index is 1.91. The lowest BCUT2D eigenvalue weighted by Gasteiger charge is -2.17. The average Bonchev–Trinajstić information content (AvgIpc) is 2.94. The van der Waals surface area contributed by atoms with Gasteiger partial charge in [-0.15, -0.1) is 0 Å². The molecule has 24 heavy (non-hydrogen) atoms. The first kappa shape index (κ1) is 18.0. The normalized spacial score (nSPS) is 17.2. The fourth-order valence-corrected chi connectivity index (χ4v) is 2.70. The Morgan fingerprint density at radius 2 is 1.88 bits per heavy atom. The summed E-state index contributed by atoms with van der Waals surface area (Å²) in [7, 11) is 0. The molecule has 1 aliphatic rings. The first-order valence-electron chi connectivity index (χ1n) is 8.38. The Kier molecular flexibility index (Phi) is 5.95. The SMILES string of the molecule is CCc1ccc(N2CC(C(=O)NNC(=O)CC(C)C)CC2=O)cc1. The molecule has 6 nitrogen and oxygen atoms in total. The zero-order valence-electron chi connectivity index (χ0n) is 14.5. The number of amides is 3. The second-order valence-electron chi connectivity index (χ2n) is 6.56. The quantitative estimate of drug-likeness (QED) is 0.808. The summed E-state index contributed by atoms with van der Waals surface area (Å²) in [5, 5.41) is 0. The van der Waals surface area contributed by atoms with E-state index in [4.69, 9.17) is 0 Å². The van der Waals surface area contributed by atoms with Gasteiger partial charge in [0.25, 0.3) is 0 Å². The largest absolute Gasteiger partial charge is 0.312 e. The number of hydrogen-bond donors (Lipinski definition) is 2. The molecule has 2 rings (SSSR count). The molecule has 1 atom stereocenters. The van der Waals surface area contributed by atoms with E-state index in [0.29, 0.717) is 13.0 Å². The molecule has 130 valence electrons. The molecule has 0 aromatic heterocycles. The van der Waals surface area contributed by atoms with Crippen LogP contribution in [0.4, 0.5) is 5.69 Å². The van der Waals surface area contributed by atoms with Crippen LogP contribution in [0.2, 0.25) is 0 Å². The summed E-state index contributed by atoms with van der Waals surface area (Å²) >= 11 is 0. The lowest BCUT2D eigenvalue weighted by atomic mass is 10.1. The maximum atomic E-state index is 12.2. The monoisotopic (exact) mass is 331 g/mol. The number of nitrogens with zero attached hydrogens (tertiary/aromatic N) is 1. The molecule has 0 aliphatic carbocycles. The summed E-state index contributed by atoms with van der Waals surface area (Å²) in [6.45, 7) is 6.26. The van der Waals surface area contributed by atoms with Crippen LogP contribution in [0, 0.1) is 11.8 Å². The van der Waals surface area contributed by atoms with Gasteiger partial charge in [0.05, 0.1) is 5.92 Å². The summed E-state index contributed by atoms with van der Waals surface area (Å²) in [4.78, 5) is 37.5. The molecule has 1 aromatic carbocycles. The molecule has 1 aromatic rings. The highest BCUT2D eigenvalue weighted by Crippen LogP contribution is 2.25. The first-order chi connectivity index (χ1) is 11.4. The van der Waals surface area contributed by atoms with Gasteiger partial charge in [-0.05, 0) is 30.0 Å². The van der Waals surface area contributed by atoms with Gasteiger partial charge in [-0.1, -0.05) is 32.9 Å². The molecule has 1 unspecified atom stereocenters. The van der Waals surface area contributed by atoms with Gasteiger partial charge in [-0.3, -0.25) is 25.2 Å².